The number of nitrogens with zero attached hydrogens (tertiary/aromatic N) is 3. The van der Waals surface area contributed by atoms with Crippen molar-refractivity contribution in [2.24, 2.45) is 0 Å². The topological polar surface area (TPSA) is 55.9 Å². The summed E-state index contributed by atoms with van der Waals surface area (Å²) in [6, 6.07) is 20.4. The maximum Gasteiger partial charge on any atom is 0.322 e. The summed E-state index contributed by atoms with van der Waals surface area (Å²) in [6.45, 7) is 6.92. The molecule has 1 saturated heterocycles. The van der Waals surface area contributed by atoms with Gasteiger partial charge in [-0.05, 0) is 55.0 Å². The SMILES string of the molecule is Cc1ccc(NC(=O)N2CCN(C(=O)CN3CCc4sccc4C3c3ccccc3)CC2C)cc1. The number of thiophene rings is 1. The second-order valence-electron chi connectivity index (χ2n) is 9.51. The normalized spacial score (nSPS) is 20.4. The lowest BCUT2D eigenvalue weighted by Gasteiger charge is -2.41. The van der Waals surface area contributed by atoms with Gasteiger partial charge in [-0.15, -0.1) is 11.3 Å². The number of nitrogens with one attached hydrogen (secondary N) is 1. The summed E-state index contributed by atoms with van der Waals surface area (Å²) in [4.78, 5) is 33.7. The maximum absolute atomic E-state index is 13.4. The standard InChI is InChI=1S/C28H32N4O2S/c1-20-8-10-23(11-9-20)29-28(34)32-16-15-30(18-21(32)2)26(33)19-31-14-12-25-24(13-17-35-25)27(31)22-6-4-3-5-7-22/h3-11,13,17,21,27H,12,14-16,18-19H2,1-2H3,(H,29,34). The lowest BCUT2D eigenvalue weighted by Crippen LogP contribution is -2.58. The fourth-order valence-corrected chi connectivity index (χ4v) is 6.06. The Balaban J connectivity index is 1.23. The summed E-state index contributed by atoms with van der Waals surface area (Å²) in [6.07, 6.45) is 0.979. The molecular weight excluding hydrogens is 456 g/mol. The molecule has 1 fully saturated rings. The largest absolute Gasteiger partial charge is 0.338 e. The van der Waals surface area contributed by atoms with Gasteiger partial charge in [0.15, 0.2) is 0 Å². The summed E-state index contributed by atoms with van der Waals surface area (Å²) in [5.74, 6) is 0.134. The molecule has 3 amide bonds. The Morgan fingerprint density at radius 2 is 1.77 bits per heavy atom. The van der Waals surface area contributed by atoms with Crippen molar-refractivity contribution in [3.05, 3.63) is 87.6 Å². The first-order valence-corrected chi connectivity index (χ1v) is 13.1. The zero-order valence-electron chi connectivity index (χ0n) is 20.3. The van der Waals surface area contributed by atoms with Gasteiger partial charge < -0.3 is 15.1 Å². The number of urea groups is 1. The number of benzene rings is 2. The molecule has 0 bridgehead atoms. The van der Waals surface area contributed by atoms with Gasteiger partial charge in [0.1, 0.15) is 0 Å². The monoisotopic (exact) mass is 488 g/mol. The number of aryl methyl sites for hydroxylation is 1. The van der Waals surface area contributed by atoms with Crippen LogP contribution in [0.15, 0.2) is 66.0 Å². The molecule has 0 saturated carbocycles. The molecule has 0 aliphatic carbocycles. The number of fused-ring (bicyclic) bond motifs is 1. The van der Waals surface area contributed by atoms with Crippen LogP contribution in [0.4, 0.5) is 10.5 Å². The van der Waals surface area contributed by atoms with Crippen molar-refractivity contribution in [3.8, 4) is 0 Å². The number of hydrogen-bond acceptors (Lipinski definition) is 4. The molecule has 6 nitrogen and oxygen atoms in total. The first kappa shape index (κ1) is 23.6. The molecule has 0 spiro atoms. The van der Waals surface area contributed by atoms with E-state index in [-0.39, 0.29) is 24.0 Å². The molecule has 3 heterocycles. The fourth-order valence-electron chi connectivity index (χ4n) is 5.16. The van der Waals surface area contributed by atoms with Crippen LogP contribution in [0.2, 0.25) is 0 Å². The van der Waals surface area contributed by atoms with Gasteiger partial charge in [-0.25, -0.2) is 4.79 Å². The predicted molar refractivity (Wildman–Crippen MR) is 141 cm³/mol. The third-order valence-electron chi connectivity index (χ3n) is 7.06. The van der Waals surface area contributed by atoms with Crippen molar-refractivity contribution in [3.63, 3.8) is 0 Å². The molecule has 1 N–H and O–H groups in total. The van der Waals surface area contributed by atoms with Crippen molar-refractivity contribution < 1.29 is 9.59 Å². The van der Waals surface area contributed by atoms with E-state index in [0.29, 0.717) is 26.2 Å². The number of carbonyl (C=O) groups is 2. The number of amides is 3. The molecule has 182 valence electrons. The van der Waals surface area contributed by atoms with Crippen molar-refractivity contribution in [2.45, 2.75) is 32.4 Å². The Bertz CT molecular complexity index is 1180. The maximum atomic E-state index is 13.4. The van der Waals surface area contributed by atoms with Crippen LogP contribution in [0.3, 0.4) is 0 Å². The highest BCUT2D eigenvalue weighted by molar-refractivity contribution is 7.10. The van der Waals surface area contributed by atoms with E-state index in [1.807, 2.05) is 65.3 Å². The zero-order valence-corrected chi connectivity index (χ0v) is 21.1. The molecular formula is C28H32N4O2S. The Hall–Kier alpha value is -3.16. The highest BCUT2D eigenvalue weighted by atomic mass is 32.1. The van der Waals surface area contributed by atoms with E-state index in [2.05, 4.69) is 45.9 Å². The molecule has 5 rings (SSSR count). The van der Waals surface area contributed by atoms with Crippen LogP contribution in [0.1, 0.15) is 34.5 Å². The number of rotatable bonds is 4. The van der Waals surface area contributed by atoms with Gasteiger partial charge >= 0.3 is 6.03 Å². The third-order valence-corrected chi connectivity index (χ3v) is 8.06. The third kappa shape index (κ3) is 5.11. The summed E-state index contributed by atoms with van der Waals surface area (Å²) in [7, 11) is 0. The average molecular weight is 489 g/mol. The van der Waals surface area contributed by atoms with E-state index in [0.717, 1.165) is 24.2 Å². The minimum atomic E-state index is -0.112. The van der Waals surface area contributed by atoms with E-state index in [1.54, 1.807) is 0 Å². The molecule has 7 heteroatoms. The fraction of sp³-hybridized carbons (Fsp3) is 0.357. The molecule has 2 aliphatic rings. The van der Waals surface area contributed by atoms with Gasteiger partial charge in [-0.1, -0.05) is 48.0 Å². The minimum absolute atomic E-state index is 0.0482. The quantitative estimate of drug-likeness (QED) is 0.576. The average Bonchev–Trinajstić information content (AvgIpc) is 3.34. The summed E-state index contributed by atoms with van der Waals surface area (Å²) in [5, 5.41) is 5.15. The van der Waals surface area contributed by atoms with Crippen LogP contribution in [0.5, 0.6) is 0 Å². The first-order chi connectivity index (χ1) is 17.0. The molecule has 2 aliphatic heterocycles. The predicted octanol–water partition coefficient (Wildman–Crippen LogP) is 4.77. The lowest BCUT2D eigenvalue weighted by molar-refractivity contribution is -0.135. The number of piperazine rings is 1. The van der Waals surface area contributed by atoms with E-state index in [1.165, 1.54) is 16.0 Å². The Morgan fingerprint density at radius 3 is 2.51 bits per heavy atom. The van der Waals surface area contributed by atoms with Crippen LogP contribution >= 0.6 is 11.3 Å². The molecule has 2 aromatic carbocycles. The van der Waals surface area contributed by atoms with Crippen molar-refractivity contribution in [2.75, 3.05) is 38.0 Å². The van der Waals surface area contributed by atoms with E-state index < -0.39 is 0 Å². The number of hydrogen-bond donors (Lipinski definition) is 1. The number of anilines is 1. The van der Waals surface area contributed by atoms with Crippen LogP contribution in [0, 0.1) is 6.92 Å². The molecule has 0 radical (unpaired) electrons. The molecule has 3 aromatic rings. The van der Waals surface area contributed by atoms with Crippen LogP contribution in [-0.4, -0.2) is 65.4 Å². The van der Waals surface area contributed by atoms with Crippen molar-refractivity contribution in [1.29, 1.82) is 0 Å². The smallest absolute Gasteiger partial charge is 0.322 e. The zero-order chi connectivity index (χ0) is 24.4. The van der Waals surface area contributed by atoms with Gasteiger partial charge in [0.05, 0.1) is 12.6 Å². The van der Waals surface area contributed by atoms with E-state index >= 15 is 0 Å². The molecule has 35 heavy (non-hydrogen) atoms. The highest BCUT2D eigenvalue weighted by Crippen LogP contribution is 2.37. The molecule has 2 unspecified atom stereocenters. The van der Waals surface area contributed by atoms with E-state index in [9.17, 15) is 9.59 Å². The van der Waals surface area contributed by atoms with Crippen LogP contribution in [-0.2, 0) is 11.2 Å². The van der Waals surface area contributed by atoms with Gasteiger partial charge in [0, 0.05) is 42.8 Å². The van der Waals surface area contributed by atoms with Crippen molar-refractivity contribution >= 4 is 29.0 Å². The number of carbonyl (C=O) groups excluding carboxylic acids is 2. The highest BCUT2D eigenvalue weighted by Gasteiger charge is 2.34. The summed E-state index contributed by atoms with van der Waals surface area (Å²) in [5.41, 5.74) is 4.50. The van der Waals surface area contributed by atoms with Gasteiger partial charge in [-0.3, -0.25) is 9.69 Å². The van der Waals surface area contributed by atoms with Crippen molar-refractivity contribution in [1.82, 2.24) is 14.7 Å². The Labute approximate surface area is 211 Å². The van der Waals surface area contributed by atoms with Gasteiger partial charge in [-0.2, -0.15) is 0 Å². The first-order valence-electron chi connectivity index (χ1n) is 12.3. The summed E-state index contributed by atoms with van der Waals surface area (Å²) < 4.78 is 0. The minimum Gasteiger partial charge on any atom is -0.338 e. The summed E-state index contributed by atoms with van der Waals surface area (Å²) >= 11 is 1.81. The molecule has 1 aromatic heterocycles. The van der Waals surface area contributed by atoms with E-state index in [4.69, 9.17) is 0 Å². The van der Waals surface area contributed by atoms with Crippen LogP contribution in [0.25, 0.3) is 0 Å². The van der Waals surface area contributed by atoms with Gasteiger partial charge in [0.25, 0.3) is 0 Å². The van der Waals surface area contributed by atoms with Crippen LogP contribution < -0.4 is 5.32 Å². The Morgan fingerprint density at radius 1 is 1.00 bits per heavy atom. The molecule has 2 atom stereocenters. The Kier molecular flexibility index (Phi) is 6.88. The lowest BCUT2D eigenvalue weighted by atomic mass is 9.93. The second-order valence-corrected chi connectivity index (χ2v) is 10.5. The van der Waals surface area contributed by atoms with Gasteiger partial charge in [0.2, 0.25) is 5.91 Å². The second kappa shape index (κ2) is 10.2.